The molecule has 1 N–H and O–H groups in total. The maximum absolute atomic E-state index is 11.0. The van der Waals surface area contributed by atoms with Gasteiger partial charge in [-0.1, -0.05) is 24.3 Å². The molecule has 5 heteroatoms. The summed E-state index contributed by atoms with van der Waals surface area (Å²) in [5, 5.41) is 8.70. The zero-order chi connectivity index (χ0) is 11.7. The van der Waals surface area contributed by atoms with Crippen LogP contribution in [0.2, 0.25) is 0 Å². The minimum Gasteiger partial charge on any atom is -0.481 e. The van der Waals surface area contributed by atoms with Crippen LogP contribution in [-0.4, -0.2) is 11.1 Å². The SMILES string of the molecule is CC(CC(=O)O)c1ccc2oc(=O)sc2c1. The number of carbonyl (C=O) groups is 1. The molecule has 1 aromatic heterocycles. The summed E-state index contributed by atoms with van der Waals surface area (Å²) in [6, 6.07) is 5.32. The van der Waals surface area contributed by atoms with Crippen LogP contribution < -0.4 is 4.94 Å². The quantitative estimate of drug-likeness (QED) is 0.891. The van der Waals surface area contributed by atoms with Gasteiger partial charge in [0.05, 0.1) is 11.1 Å². The van der Waals surface area contributed by atoms with Crippen LogP contribution in [0.25, 0.3) is 10.3 Å². The lowest BCUT2D eigenvalue weighted by atomic mass is 9.98. The standard InChI is InChI=1S/C11H10O4S/c1-6(4-10(12)13)7-2-3-8-9(5-7)16-11(14)15-8/h2-3,5-6H,4H2,1H3,(H,12,13). The number of benzene rings is 1. The van der Waals surface area contributed by atoms with Gasteiger partial charge in [0.15, 0.2) is 0 Å². The molecule has 0 amide bonds. The average molecular weight is 238 g/mol. The molecule has 4 nitrogen and oxygen atoms in total. The molecular formula is C11H10O4S. The van der Waals surface area contributed by atoms with Crippen molar-refractivity contribution in [2.24, 2.45) is 0 Å². The van der Waals surface area contributed by atoms with Gasteiger partial charge < -0.3 is 9.52 Å². The van der Waals surface area contributed by atoms with Crippen molar-refractivity contribution >= 4 is 27.6 Å². The minimum atomic E-state index is -0.826. The van der Waals surface area contributed by atoms with Crippen LogP contribution in [0.5, 0.6) is 0 Å². The second-order valence-corrected chi connectivity index (χ2v) is 4.64. The molecule has 0 radical (unpaired) electrons. The van der Waals surface area contributed by atoms with Crippen LogP contribution in [0.15, 0.2) is 27.4 Å². The van der Waals surface area contributed by atoms with Crippen LogP contribution in [0, 0.1) is 0 Å². The molecule has 0 aliphatic carbocycles. The number of carboxylic acids is 1. The van der Waals surface area contributed by atoms with E-state index in [1.54, 1.807) is 12.1 Å². The number of rotatable bonds is 3. The molecule has 1 heterocycles. The normalized spacial score (nSPS) is 12.8. The summed E-state index contributed by atoms with van der Waals surface area (Å²) in [5.74, 6) is -0.896. The molecule has 0 saturated carbocycles. The molecule has 1 atom stereocenters. The first-order valence-corrected chi connectivity index (χ1v) is 5.63. The van der Waals surface area contributed by atoms with Gasteiger partial charge in [-0.15, -0.1) is 0 Å². The zero-order valence-electron chi connectivity index (χ0n) is 8.60. The van der Waals surface area contributed by atoms with Crippen LogP contribution in [0.3, 0.4) is 0 Å². The number of aliphatic carboxylic acids is 1. The van der Waals surface area contributed by atoms with E-state index in [1.807, 2.05) is 13.0 Å². The number of hydrogen-bond donors (Lipinski definition) is 1. The zero-order valence-corrected chi connectivity index (χ0v) is 9.41. The highest BCUT2D eigenvalue weighted by atomic mass is 32.1. The Kier molecular flexibility index (Phi) is 2.78. The highest BCUT2D eigenvalue weighted by Gasteiger charge is 2.11. The van der Waals surface area contributed by atoms with Crippen LogP contribution in [0.1, 0.15) is 24.8 Å². The van der Waals surface area contributed by atoms with Gasteiger partial charge in [-0.3, -0.25) is 4.79 Å². The largest absolute Gasteiger partial charge is 0.481 e. The lowest BCUT2D eigenvalue weighted by Gasteiger charge is -2.08. The molecule has 84 valence electrons. The van der Waals surface area contributed by atoms with Crippen molar-refractivity contribution in [2.45, 2.75) is 19.3 Å². The fourth-order valence-electron chi connectivity index (χ4n) is 1.58. The lowest BCUT2D eigenvalue weighted by molar-refractivity contribution is -0.137. The van der Waals surface area contributed by atoms with E-state index in [1.165, 1.54) is 0 Å². The molecule has 0 spiro atoms. The first-order chi connectivity index (χ1) is 7.56. The third-order valence-electron chi connectivity index (χ3n) is 2.40. The Morgan fingerprint density at radius 1 is 1.56 bits per heavy atom. The highest BCUT2D eigenvalue weighted by molar-refractivity contribution is 7.16. The minimum absolute atomic E-state index is 0.0703. The van der Waals surface area contributed by atoms with E-state index in [-0.39, 0.29) is 17.3 Å². The van der Waals surface area contributed by atoms with Gasteiger partial charge in [0.25, 0.3) is 0 Å². The van der Waals surface area contributed by atoms with Crippen LogP contribution >= 0.6 is 11.3 Å². The van der Waals surface area contributed by atoms with E-state index in [2.05, 4.69) is 0 Å². The van der Waals surface area contributed by atoms with E-state index in [4.69, 9.17) is 9.52 Å². The van der Waals surface area contributed by atoms with E-state index in [0.717, 1.165) is 21.6 Å². The fourth-order valence-corrected chi connectivity index (χ4v) is 2.29. The van der Waals surface area contributed by atoms with Crippen molar-refractivity contribution in [2.75, 3.05) is 0 Å². The van der Waals surface area contributed by atoms with Crippen molar-refractivity contribution in [1.29, 1.82) is 0 Å². The van der Waals surface area contributed by atoms with Gasteiger partial charge >= 0.3 is 10.9 Å². The summed E-state index contributed by atoms with van der Waals surface area (Å²) < 4.78 is 5.69. The van der Waals surface area contributed by atoms with Crippen molar-refractivity contribution < 1.29 is 14.3 Å². The molecular weight excluding hydrogens is 228 g/mol. The lowest BCUT2D eigenvalue weighted by Crippen LogP contribution is -2.02. The van der Waals surface area contributed by atoms with E-state index >= 15 is 0 Å². The van der Waals surface area contributed by atoms with Crippen molar-refractivity contribution in [3.63, 3.8) is 0 Å². The Bertz CT molecular complexity index is 581. The molecule has 0 aliphatic rings. The smallest absolute Gasteiger partial charge is 0.396 e. The predicted molar refractivity (Wildman–Crippen MR) is 61.0 cm³/mol. The molecule has 16 heavy (non-hydrogen) atoms. The first-order valence-electron chi connectivity index (χ1n) is 4.81. The predicted octanol–water partition coefficient (Wildman–Crippen LogP) is 2.43. The Balaban J connectivity index is 2.38. The van der Waals surface area contributed by atoms with Crippen LogP contribution in [0.4, 0.5) is 0 Å². The molecule has 0 aliphatic heterocycles. The summed E-state index contributed by atoms with van der Waals surface area (Å²) in [7, 11) is 0. The Labute approximate surface area is 95.1 Å². The van der Waals surface area contributed by atoms with E-state index in [9.17, 15) is 9.59 Å². The molecule has 2 rings (SSSR count). The number of carboxylic acid groups (broad SMARTS) is 1. The molecule has 0 bridgehead atoms. The summed E-state index contributed by atoms with van der Waals surface area (Å²) in [6.45, 7) is 1.85. The van der Waals surface area contributed by atoms with Crippen LogP contribution in [-0.2, 0) is 4.79 Å². The van der Waals surface area contributed by atoms with Gasteiger partial charge in [0.1, 0.15) is 5.58 Å². The van der Waals surface area contributed by atoms with Crippen molar-refractivity contribution in [1.82, 2.24) is 0 Å². The highest BCUT2D eigenvalue weighted by Crippen LogP contribution is 2.25. The third kappa shape index (κ3) is 2.14. The van der Waals surface area contributed by atoms with Gasteiger partial charge in [-0.25, -0.2) is 4.79 Å². The summed E-state index contributed by atoms with van der Waals surface area (Å²) in [4.78, 5) is 21.3. The summed E-state index contributed by atoms with van der Waals surface area (Å²) in [6.07, 6.45) is 0.0816. The van der Waals surface area contributed by atoms with Gasteiger partial charge in [0.2, 0.25) is 0 Å². The first kappa shape index (κ1) is 10.9. The monoisotopic (exact) mass is 238 g/mol. The average Bonchev–Trinajstić information content (AvgIpc) is 2.55. The number of fused-ring (bicyclic) bond motifs is 1. The van der Waals surface area contributed by atoms with Crippen molar-refractivity contribution in [3.05, 3.63) is 33.5 Å². The molecule has 2 aromatic rings. The van der Waals surface area contributed by atoms with E-state index < -0.39 is 5.97 Å². The number of hydrogen-bond acceptors (Lipinski definition) is 4. The Hall–Kier alpha value is -1.62. The maximum atomic E-state index is 11.0. The molecule has 0 saturated heterocycles. The van der Waals surface area contributed by atoms with Gasteiger partial charge in [-0.05, 0) is 23.6 Å². The Morgan fingerprint density at radius 3 is 3.00 bits per heavy atom. The fraction of sp³-hybridized carbons (Fsp3) is 0.273. The van der Waals surface area contributed by atoms with Gasteiger partial charge in [0, 0.05) is 0 Å². The molecule has 0 fully saturated rings. The Morgan fingerprint density at radius 2 is 2.31 bits per heavy atom. The summed E-state index contributed by atoms with van der Waals surface area (Å²) >= 11 is 1.03. The van der Waals surface area contributed by atoms with E-state index in [0.29, 0.717) is 5.58 Å². The second-order valence-electron chi connectivity index (χ2n) is 3.66. The topological polar surface area (TPSA) is 67.5 Å². The van der Waals surface area contributed by atoms with Gasteiger partial charge in [-0.2, -0.15) is 0 Å². The summed E-state index contributed by atoms with van der Waals surface area (Å²) in [5.41, 5.74) is 1.47. The second kappa shape index (κ2) is 4.09. The molecule has 1 unspecified atom stereocenters. The maximum Gasteiger partial charge on any atom is 0.396 e. The third-order valence-corrected chi connectivity index (χ3v) is 3.19. The molecule has 1 aromatic carbocycles. The van der Waals surface area contributed by atoms with Crippen molar-refractivity contribution in [3.8, 4) is 0 Å².